The van der Waals surface area contributed by atoms with E-state index in [0.717, 1.165) is 42.0 Å². The number of aromatic nitrogens is 2. The molecule has 1 saturated carbocycles. The number of hydrogen-bond donors (Lipinski definition) is 2. The Morgan fingerprint density at radius 2 is 2.17 bits per heavy atom. The molecule has 1 fully saturated rings. The van der Waals surface area contributed by atoms with E-state index in [1.165, 1.54) is 12.7 Å². The fraction of sp³-hybridized carbons (Fsp3) is 0.692. The van der Waals surface area contributed by atoms with Gasteiger partial charge in [-0.1, -0.05) is 13.3 Å². The van der Waals surface area contributed by atoms with Crippen LogP contribution in [0, 0.1) is 5.92 Å². The first-order valence-corrected chi connectivity index (χ1v) is 7.34. The number of anilines is 1. The van der Waals surface area contributed by atoms with E-state index in [0.29, 0.717) is 6.54 Å². The minimum atomic E-state index is -0.580. The summed E-state index contributed by atoms with van der Waals surface area (Å²) in [6, 6.07) is 1.82. The number of rotatable bonds is 4. The summed E-state index contributed by atoms with van der Waals surface area (Å²) < 4.78 is 0.752. The van der Waals surface area contributed by atoms with Gasteiger partial charge in [-0.3, -0.25) is 0 Å². The number of aliphatic hydroxyl groups is 1. The van der Waals surface area contributed by atoms with Crippen LogP contribution in [-0.2, 0) is 0 Å². The van der Waals surface area contributed by atoms with Gasteiger partial charge in [0.2, 0.25) is 0 Å². The smallest absolute Gasteiger partial charge is 0.130 e. The second-order valence-corrected chi connectivity index (χ2v) is 5.97. The molecule has 1 aromatic rings. The monoisotopic (exact) mass is 313 g/mol. The topological polar surface area (TPSA) is 58.0 Å². The van der Waals surface area contributed by atoms with E-state index in [1.54, 1.807) is 0 Å². The third kappa shape index (κ3) is 3.65. The van der Waals surface area contributed by atoms with Gasteiger partial charge in [-0.25, -0.2) is 9.97 Å². The normalized spacial score (nSPS) is 28.1. The Labute approximate surface area is 116 Å². The summed E-state index contributed by atoms with van der Waals surface area (Å²) in [5.74, 6) is 1.54. The Kier molecular flexibility index (Phi) is 4.56. The first kappa shape index (κ1) is 13.7. The van der Waals surface area contributed by atoms with Gasteiger partial charge in [-0.2, -0.15) is 0 Å². The lowest BCUT2D eigenvalue weighted by Crippen LogP contribution is -2.40. The molecule has 5 heteroatoms. The van der Waals surface area contributed by atoms with Crippen LogP contribution in [-0.4, -0.2) is 27.2 Å². The highest BCUT2D eigenvalue weighted by atomic mass is 79.9. The molecule has 18 heavy (non-hydrogen) atoms. The molecule has 1 aromatic heterocycles. The third-order valence-corrected chi connectivity index (χ3v) is 4.28. The quantitative estimate of drug-likeness (QED) is 0.839. The van der Waals surface area contributed by atoms with Crippen molar-refractivity contribution < 1.29 is 5.11 Å². The van der Waals surface area contributed by atoms with Crippen LogP contribution in [0.25, 0.3) is 0 Å². The average molecular weight is 314 g/mol. The zero-order chi connectivity index (χ0) is 13.0. The summed E-state index contributed by atoms with van der Waals surface area (Å²) in [5, 5.41) is 13.7. The van der Waals surface area contributed by atoms with Gasteiger partial charge in [0.05, 0.1) is 5.60 Å². The summed E-state index contributed by atoms with van der Waals surface area (Å²) in [4.78, 5) is 8.10. The Morgan fingerprint density at radius 3 is 2.78 bits per heavy atom. The largest absolute Gasteiger partial charge is 0.388 e. The summed E-state index contributed by atoms with van der Waals surface area (Å²) in [6.07, 6.45) is 6.74. The molecule has 0 bridgehead atoms. The van der Waals surface area contributed by atoms with Crippen molar-refractivity contribution in [3.8, 4) is 0 Å². The summed E-state index contributed by atoms with van der Waals surface area (Å²) in [6.45, 7) is 2.79. The Morgan fingerprint density at radius 1 is 1.44 bits per heavy atom. The second-order valence-electron chi connectivity index (χ2n) is 5.16. The lowest BCUT2D eigenvalue weighted by Gasteiger charge is -2.36. The minimum Gasteiger partial charge on any atom is -0.388 e. The molecule has 0 radical (unpaired) electrons. The molecule has 0 spiro atoms. The maximum Gasteiger partial charge on any atom is 0.130 e. The molecule has 0 aliphatic heterocycles. The van der Waals surface area contributed by atoms with Crippen LogP contribution >= 0.6 is 15.9 Å². The highest BCUT2D eigenvalue weighted by molar-refractivity contribution is 9.10. The highest BCUT2D eigenvalue weighted by Crippen LogP contribution is 2.33. The molecule has 0 amide bonds. The maximum atomic E-state index is 10.5. The van der Waals surface area contributed by atoms with E-state index in [4.69, 9.17) is 0 Å². The molecule has 2 N–H and O–H groups in total. The van der Waals surface area contributed by atoms with E-state index in [-0.39, 0.29) is 0 Å². The zero-order valence-corrected chi connectivity index (χ0v) is 12.3. The molecule has 0 aromatic carbocycles. The molecule has 2 rings (SSSR count). The number of nitrogens with zero attached hydrogens (tertiary/aromatic N) is 2. The minimum absolute atomic E-state index is 0.562. The van der Waals surface area contributed by atoms with E-state index < -0.39 is 5.60 Å². The van der Waals surface area contributed by atoms with E-state index >= 15 is 0 Å². The third-order valence-electron chi connectivity index (χ3n) is 3.85. The SMILES string of the molecule is CCC1CCC(O)(CNc2cc(Br)ncn2)CC1. The van der Waals surface area contributed by atoms with Crippen LogP contribution in [0.4, 0.5) is 5.82 Å². The number of nitrogens with one attached hydrogen (secondary N) is 1. The predicted molar refractivity (Wildman–Crippen MR) is 75.4 cm³/mol. The lowest BCUT2D eigenvalue weighted by atomic mass is 9.78. The molecule has 1 heterocycles. The van der Waals surface area contributed by atoms with Crippen molar-refractivity contribution in [3.05, 3.63) is 17.0 Å². The second kappa shape index (κ2) is 5.97. The van der Waals surface area contributed by atoms with Crippen LogP contribution < -0.4 is 5.32 Å². The van der Waals surface area contributed by atoms with Crippen LogP contribution in [0.5, 0.6) is 0 Å². The molecule has 1 aliphatic rings. The molecule has 4 nitrogen and oxygen atoms in total. The van der Waals surface area contributed by atoms with Crippen LogP contribution in [0.3, 0.4) is 0 Å². The fourth-order valence-electron chi connectivity index (χ4n) is 2.49. The van der Waals surface area contributed by atoms with E-state index in [2.05, 4.69) is 38.1 Å². The fourth-order valence-corrected chi connectivity index (χ4v) is 2.79. The zero-order valence-electron chi connectivity index (χ0n) is 10.7. The maximum absolute atomic E-state index is 10.5. The van der Waals surface area contributed by atoms with Gasteiger partial charge in [0, 0.05) is 12.6 Å². The summed E-state index contributed by atoms with van der Waals surface area (Å²) in [5.41, 5.74) is -0.580. The van der Waals surface area contributed by atoms with Crippen molar-refractivity contribution in [2.24, 2.45) is 5.92 Å². The molecule has 0 unspecified atom stereocenters. The molecule has 0 atom stereocenters. The van der Waals surface area contributed by atoms with Gasteiger partial charge < -0.3 is 10.4 Å². The van der Waals surface area contributed by atoms with Crippen molar-refractivity contribution in [2.75, 3.05) is 11.9 Å². The van der Waals surface area contributed by atoms with Crippen molar-refractivity contribution in [3.63, 3.8) is 0 Å². The van der Waals surface area contributed by atoms with Crippen molar-refractivity contribution in [2.45, 2.75) is 44.6 Å². The Balaban J connectivity index is 1.86. The Hall–Kier alpha value is -0.680. The van der Waals surface area contributed by atoms with E-state index in [9.17, 15) is 5.11 Å². The van der Waals surface area contributed by atoms with Crippen molar-refractivity contribution in [1.29, 1.82) is 0 Å². The first-order valence-electron chi connectivity index (χ1n) is 6.55. The standard InChI is InChI=1S/C13H20BrN3O/c1-2-10-3-5-13(18,6-4-10)8-15-12-7-11(14)16-9-17-12/h7,9-10,18H,2-6,8H2,1H3,(H,15,16,17). The van der Waals surface area contributed by atoms with E-state index in [1.807, 2.05) is 6.07 Å². The summed E-state index contributed by atoms with van der Waals surface area (Å²) >= 11 is 3.31. The summed E-state index contributed by atoms with van der Waals surface area (Å²) in [7, 11) is 0. The highest BCUT2D eigenvalue weighted by Gasteiger charge is 2.32. The number of hydrogen-bond acceptors (Lipinski definition) is 4. The molecule has 1 aliphatic carbocycles. The van der Waals surface area contributed by atoms with Crippen molar-refractivity contribution >= 4 is 21.7 Å². The van der Waals surface area contributed by atoms with Gasteiger partial charge in [0.15, 0.2) is 0 Å². The van der Waals surface area contributed by atoms with Gasteiger partial charge in [0.1, 0.15) is 16.7 Å². The van der Waals surface area contributed by atoms with Gasteiger partial charge in [0.25, 0.3) is 0 Å². The number of halogens is 1. The van der Waals surface area contributed by atoms with Gasteiger partial charge >= 0.3 is 0 Å². The molecular formula is C13H20BrN3O. The average Bonchev–Trinajstić information content (AvgIpc) is 2.38. The Bertz CT molecular complexity index is 392. The molecular weight excluding hydrogens is 294 g/mol. The van der Waals surface area contributed by atoms with Crippen LogP contribution in [0.2, 0.25) is 0 Å². The lowest BCUT2D eigenvalue weighted by molar-refractivity contribution is 0.00223. The molecule has 100 valence electrons. The van der Waals surface area contributed by atoms with Crippen LogP contribution in [0.1, 0.15) is 39.0 Å². The molecule has 0 saturated heterocycles. The van der Waals surface area contributed by atoms with Gasteiger partial charge in [-0.15, -0.1) is 0 Å². The van der Waals surface area contributed by atoms with Crippen LogP contribution in [0.15, 0.2) is 17.0 Å². The van der Waals surface area contributed by atoms with Crippen molar-refractivity contribution in [1.82, 2.24) is 9.97 Å². The van der Waals surface area contributed by atoms with Gasteiger partial charge in [-0.05, 0) is 47.5 Å². The predicted octanol–water partition coefficient (Wildman–Crippen LogP) is 2.98. The first-order chi connectivity index (χ1) is 8.61.